The van der Waals surface area contributed by atoms with Crippen LogP contribution in [0.3, 0.4) is 0 Å². The van der Waals surface area contributed by atoms with Gasteiger partial charge in [0.25, 0.3) is 5.95 Å². The highest BCUT2D eigenvalue weighted by molar-refractivity contribution is 5.83. The van der Waals surface area contributed by atoms with Crippen LogP contribution in [0.25, 0.3) is 16.9 Å². The Kier molecular flexibility index (Phi) is 6.11. The van der Waals surface area contributed by atoms with Gasteiger partial charge in [-0.05, 0) is 56.4 Å². The van der Waals surface area contributed by atoms with Crippen LogP contribution in [0.5, 0.6) is 0 Å². The molecule has 2 aliphatic heterocycles. The Morgan fingerprint density at radius 3 is 2.82 bits per heavy atom. The number of para-hydroxylation sites is 1. The fourth-order valence-corrected chi connectivity index (χ4v) is 5.18. The molecule has 2 fully saturated rings. The van der Waals surface area contributed by atoms with E-state index in [1.165, 1.54) is 10.7 Å². The average Bonchev–Trinajstić information content (AvgIpc) is 3.58. The van der Waals surface area contributed by atoms with Crippen molar-refractivity contribution in [3.8, 4) is 5.95 Å². The number of likely N-dealkylation sites (tertiary alicyclic amines) is 2. The molecule has 10 heteroatoms. The Bertz CT molecular complexity index is 1140. The second-order valence-corrected chi connectivity index (χ2v) is 8.90. The van der Waals surface area contributed by atoms with Crippen molar-refractivity contribution in [2.24, 2.45) is 0 Å². The lowest BCUT2D eigenvalue weighted by Crippen LogP contribution is -2.46. The number of aromatic nitrogens is 4. The van der Waals surface area contributed by atoms with Crippen molar-refractivity contribution in [3.05, 3.63) is 35.6 Å². The molecule has 2 saturated heterocycles. The molecule has 1 N–H and O–H groups in total. The van der Waals surface area contributed by atoms with E-state index in [0.29, 0.717) is 17.8 Å². The first-order valence-electron chi connectivity index (χ1n) is 11.7. The standard InChI is InChI=1S/C23H29FN6O3/c1-2-19-17-6-3-7-18(24)21(17)30(26-19)23-25-22(33-27-23)15-8-11-28(12-9-15)13-16-5-4-10-29(16)20(32)14-31/h3,6-7,15-16,31H,2,4-5,8-14H2,1H3/t16-/m0/s1. The summed E-state index contributed by atoms with van der Waals surface area (Å²) < 4.78 is 21.6. The third-order valence-corrected chi connectivity index (χ3v) is 6.92. The SMILES string of the molecule is CCc1nn(-c2noc(C3CCN(C[C@@H]4CCCN4C(=O)CO)CC3)n2)c2c(F)cccc12. The van der Waals surface area contributed by atoms with Gasteiger partial charge in [0.1, 0.15) is 17.9 Å². The Hall–Kier alpha value is -2.85. The Balaban J connectivity index is 1.26. The van der Waals surface area contributed by atoms with Crippen LogP contribution in [-0.4, -0.2) is 79.6 Å². The highest BCUT2D eigenvalue weighted by atomic mass is 19.1. The number of carbonyl (C=O) groups is 1. The van der Waals surface area contributed by atoms with Crippen molar-refractivity contribution in [1.29, 1.82) is 0 Å². The van der Waals surface area contributed by atoms with Gasteiger partial charge in [-0.2, -0.15) is 14.8 Å². The van der Waals surface area contributed by atoms with Crippen LogP contribution in [0.1, 0.15) is 50.1 Å². The van der Waals surface area contributed by atoms with Gasteiger partial charge in [-0.1, -0.05) is 19.1 Å². The Morgan fingerprint density at radius 1 is 1.24 bits per heavy atom. The molecule has 2 aromatic heterocycles. The number of aryl methyl sites for hydroxylation is 1. The van der Waals surface area contributed by atoms with Crippen LogP contribution in [-0.2, 0) is 11.2 Å². The number of halogens is 1. The number of piperidine rings is 1. The molecular formula is C23H29FN6O3. The van der Waals surface area contributed by atoms with Crippen molar-refractivity contribution in [3.63, 3.8) is 0 Å². The first kappa shape index (κ1) is 22.0. The van der Waals surface area contributed by atoms with Gasteiger partial charge in [0.2, 0.25) is 11.8 Å². The monoisotopic (exact) mass is 456 g/mol. The number of nitrogens with zero attached hydrogens (tertiary/aromatic N) is 6. The number of hydrogen-bond acceptors (Lipinski definition) is 7. The van der Waals surface area contributed by atoms with Gasteiger partial charge in [0, 0.05) is 30.4 Å². The third kappa shape index (κ3) is 4.13. The number of fused-ring (bicyclic) bond motifs is 1. The summed E-state index contributed by atoms with van der Waals surface area (Å²) in [4.78, 5) is 20.7. The minimum atomic E-state index is -0.423. The summed E-state index contributed by atoms with van der Waals surface area (Å²) >= 11 is 0. The van der Waals surface area contributed by atoms with Crippen LogP contribution < -0.4 is 0 Å². The molecule has 3 aromatic rings. The van der Waals surface area contributed by atoms with E-state index in [4.69, 9.17) is 4.52 Å². The number of aliphatic hydroxyl groups excluding tert-OH is 1. The van der Waals surface area contributed by atoms with Gasteiger partial charge in [-0.25, -0.2) is 4.39 Å². The Labute approximate surface area is 191 Å². The molecule has 0 unspecified atom stereocenters. The minimum Gasteiger partial charge on any atom is -0.387 e. The normalized spacial score (nSPS) is 20.2. The van der Waals surface area contributed by atoms with Crippen molar-refractivity contribution >= 4 is 16.8 Å². The molecule has 0 spiro atoms. The maximum atomic E-state index is 14.6. The molecule has 9 nitrogen and oxygen atoms in total. The zero-order valence-corrected chi connectivity index (χ0v) is 18.8. The van der Waals surface area contributed by atoms with E-state index in [9.17, 15) is 14.3 Å². The van der Waals surface area contributed by atoms with Gasteiger partial charge in [0.15, 0.2) is 0 Å². The summed E-state index contributed by atoms with van der Waals surface area (Å²) in [5.74, 6) is 0.408. The molecule has 0 radical (unpaired) electrons. The predicted octanol–water partition coefficient (Wildman–Crippen LogP) is 2.27. The molecule has 2 aliphatic rings. The fourth-order valence-electron chi connectivity index (χ4n) is 5.18. The molecule has 176 valence electrons. The summed E-state index contributed by atoms with van der Waals surface area (Å²) in [6.45, 7) is 4.86. The average molecular weight is 457 g/mol. The molecule has 0 saturated carbocycles. The number of benzene rings is 1. The van der Waals surface area contributed by atoms with Crippen LogP contribution in [0.2, 0.25) is 0 Å². The minimum absolute atomic E-state index is 0.138. The first-order valence-corrected chi connectivity index (χ1v) is 11.7. The maximum Gasteiger partial charge on any atom is 0.291 e. The van der Waals surface area contributed by atoms with E-state index < -0.39 is 6.61 Å². The van der Waals surface area contributed by atoms with E-state index >= 15 is 0 Å². The van der Waals surface area contributed by atoms with Gasteiger partial charge in [0.05, 0.1) is 5.69 Å². The lowest BCUT2D eigenvalue weighted by Gasteiger charge is -2.34. The first-order chi connectivity index (χ1) is 16.1. The molecule has 0 aliphatic carbocycles. The number of aliphatic hydroxyl groups is 1. The van der Waals surface area contributed by atoms with E-state index in [1.807, 2.05) is 17.9 Å². The summed E-state index contributed by atoms with van der Waals surface area (Å²) in [5.41, 5.74) is 1.17. The van der Waals surface area contributed by atoms with E-state index in [1.54, 1.807) is 6.07 Å². The van der Waals surface area contributed by atoms with Gasteiger partial charge >= 0.3 is 0 Å². The topological polar surface area (TPSA) is 101 Å². The molecule has 4 heterocycles. The lowest BCUT2D eigenvalue weighted by atomic mass is 9.96. The number of amides is 1. The highest BCUT2D eigenvalue weighted by Gasteiger charge is 2.32. The predicted molar refractivity (Wildman–Crippen MR) is 118 cm³/mol. The molecule has 0 bridgehead atoms. The van der Waals surface area contributed by atoms with Crippen LogP contribution in [0.4, 0.5) is 4.39 Å². The summed E-state index contributed by atoms with van der Waals surface area (Å²) in [7, 11) is 0. The van der Waals surface area contributed by atoms with Gasteiger partial charge < -0.3 is 19.4 Å². The quantitative estimate of drug-likeness (QED) is 0.607. The third-order valence-electron chi connectivity index (χ3n) is 6.92. The molecule has 1 aromatic carbocycles. The summed E-state index contributed by atoms with van der Waals surface area (Å²) in [6.07, 6.45) is 4.39. The molecule has 33 heavy (non-hydrogen) atoms. The van der Waals surface area contributed by atoms with Crippen LogP contribution >= 0.6 is 0 Å². The van der Waals surface area contributed by atoms with Crippen LogP contribution in [0, 0.1) is 5.82 Å². The summed E-state index contributed by atoms with van der Waals surface area (Å²) in [6, 6.07) is 5.13. The molecule has 5 rings (SSSR count). The van der Waals surface area contributed by atoms with E-state index in [-0.39, 0.29) is 29.6 Å². The van der Waals surface area contributed by atoms with Gasteiger partial charge in [-0.15, -0.1) is 0 Å². The molecular weight excluding hydrogens is 427 g/mol. The van der Waals surface area contributed by atoms with Crippen molar-refractivity contribution in [2.75, 3.05) is 32.8 Å². The zero-order valence-electron chi connectivity index (χ0n) is 18.8. The Morgan fingerprint density at radius 2 is 2.06 bits per heavy atom. The van der Waals surface area contributed by atoms with E-state index in [0.717, 1.165) is 62.9 Å². The number of hydrogen-bond donors (Lipinski definition) is 1. The lowest BCUT2D eigenvalue weighted by molar-refractivity contribution is -0.135. The second-order valence-electron chi connectivity index (χ2n) is 8.90. The van der Waals surface area contributed by atoms with Crippen LogP contribution in [0.15, 0.2) is 22.7 Å². The largest absolute Gasteiger partial charge is 0.387 e. The van der Waals surface area contributed by atoms with Crippen molar-refractivity contribution in [2.45, 2.75) is 51.0 Å². The van der Waals surface area contributed by atoms with Crippen molar-refractivity contribution in [1.82, 2.24) is 29.7 Å². The number of carbonyl (C=O) groups excluding carboxylic acids is 1. The molecule has 1 atom stereocenters. The van der Waals surface area contributed by atoms with E-state index in [2.05, 4.69) is 20.1 Å². The number of rotatable bonds is 6. The summed E-state index contributed by atoms with van der Waals surface area (Å²) in [5, 5.41) is 18.6. The van der Waals surface area contributed by atoms with Gasteiger partial charge in [-0.3, -0.25) is 4.79 Å². The maximum absolute atomic E-state index is 14.6. The highest BCUT2D eigenvalue weighted by Crippen LogP contribution is 2.30. The fraction of sp³-hybridized carbons (Fsp3) is 0.565. The zero-order chi connectivity index (χ0) is 22.9. The molecule has 1 amide bonds. The smallest absolute Gasteiger partial charge is 0.291 e. The second kappa shape index (κ2) is 9.18. The van der Waals surface area contributed by atoms with Crippen molar-refractivity contribution < 1.29 is 18.8 Å².